The van der Waals surface area contributed by atoms with Crippen molar-refractivity contribution in [3.8, 4) is 5.75 Å². The minimum atomic E-state index is -3.79. The van der Waals surface area contributed by atoms with Crippen LogP contribution in [-0.2, 0) is 16.1 Å². The van der Waals surface area contributed by atoms with Gasteiger partial charge < -0.3 is 24.3 Å². The molecule has 8 heteroatoms. The van der Waals surface area contributed by atoms with Gasteiger partial charge in [-0.25, -0.2) is 0 Å². The summed E-state index contributed by atoms with van der Waals surface area (Å²) in [6.07, 6.45) is -0.273. The standard InChI is InChI=1S/C13H17F2NO5/c14-13(15,8-17)21-11-6-16-9(5-10(11)18)7-20-12-3-1-2-4-19-12/h5-6,12,17H,1-4,7-8H2,(H,16,18). The number of H-pyrrole nitrogens is 1. The van der Waals surface area contributed by atoms with Crippen LogP contribution in [-0.4, -0.2) is 35.7 Å². The second-order valence-corrected chi connectivity index (χ2v) is 4.69. The highest BCUT2D eigenvalue weighted by atomic mass is 19.3. The van der Waals surface area contributed by atoms with Gasteiger partial charge in [-0.15, -0.1) is 0 Å². The van der Waals surface area contributed by atoms with Crippen LogP contribution >= 0.6 is 0 Å². The lowest BCUT2D eigenvalue weighted by molar-refractivity contribution is -0.201. The molecule has 1 unspecified atom stereocenters. The number of alkyl halides is 2. The monoisotopic (exact) mass is 305 g/mol. The Hall–Kier alpha value is -1.51. The molecule has 2 rings (SSSR count). The van der Waals surface area contributed by atoms with Crippen LogP contribution in [0.15, 0.2) is 17.1 Å². The van der Waals surface area contributed by atoms with E-state index < -0.39 is 23.9 Å². The molecule has 0 saturated carbocycles. The summed E-state index contributed by atoms with van der Waals surface area (Å²) in [5.41, 5.74) is -0.293. The Morgan fingerprint density at radius 2 is 2.29 bits per heavy atom. The lowest BCUT2D eigenvalue weighted by Gasteiger charge is -2.22. The summed E-state index contributed by atoms with van der Waals surface area (Å²) in [7, 11) is 0. The Morgan fingerprint density at radius 1 is 1.48 bits per heavy atom. The molecule has 0 aliphatic carbocycles. The van der Waals surface area contributed by atoms with Gasteiger partial charge in [0.25, 0.3) is 0 Å². The molecule has 1 aliphatic rings. The van der Waals surface area contributed by atoms with Crippen molar-refractivity contribution in [2.45, 2.75) is 38.3 Å². The molecule has 6 nitrogen and oxygen atoms in total. The zero-order chi connectivity index (χ0) is 15.3. The van der Waals surface area contributed by atoms with Gasteiger partial charge in [-0.1, -0.05) is 0 Å². The summed E-state index contributed by atoms with van der Waals surface area (Å²) < 4.78 is 40.7. The topological polar surface area (TPSA) is 80.8 Å². The predicted molar refractivity (Wildman–Crippen MR) is 68.1 cm³/mol. The summed E-state index contributed by atoms with van der Waals surface area (Å²) in [4.78, 5) is 14.3. The number of aromatic nitrogens is 1. The van der Waals surface area contributed by atoms with E-state index in [2.05, 4.69) is 9.72 Å². The fraction of sp³-hybridized carbons (Fsp3) is 0.615. The van der Waals surface area contributed by atoms with Crippen LogP contribution in [0.25, 0.3) is 0 Å². The summed E-state index contributed by atoms with van der Waals surface area (Å²) >= 11 is 0. The smallest absolute Gasteiger partial charge is 0.421 e. The molecule has 0 aromatic carbocycles. The average Bonchev–Trinajstić information content (AvgIpc) is 2.49. The van der Waals surface area contributed by atoms with Gasteiger partial charge in [-0.3, -0.25) is 4.79 Å². The molecular formula is C13H17F2NO5. The third-order valence-electron chi connectivity index (χ3n) is 2.94. The van der Waals surface area contributed by atoms with Crippen molar-refractivity contribution in [2.75, 3.05) is 13.2 Å². The molecule has 1 aromatic heterocycles. The molecule has 2 N–H and O–H groups in total. The number of hydrogen-bond donors (Lipinski definition) is 2. The van der Waals surface area contributed by atoms with Crippen LogP contribution in [0.1, 0.15) is 25.0 Å². The van der Waals surface area contributed by atoms with Crippen LogP contribution in [0.2, 0.25) is 0 Å². The predicted octanol–water partition coefficient (Wildman–Crippen LogP) is 1.38. The molecule has 1 atom stereocenters. The van der Waals surface area contributed by atoms with E-state index >= 15 is 0 Å². The summed E-state index contributed by atoms with van der Waals surface area (Å²) in [6.45, 7) is -0.753. The molecule has 1 saturated heterocycles. The number of aliphatic hydroxyl groups is 1. The SMILES string of the molecule is O=c1cc(COC2CCCCO2)[nH]cc1OC(F)(F)CO. The first-order chi connectivity index (χ1) is 10.00. The minimum Gasteiger partial charge on any atom is -0.425 e. The van der Waals surface area contributed by atoms with E-state index in [-0.39, 0.29) is 12.9 Å². The summed E-state index contributed by atoms with van der Waals surface area (Å²) in [5.74, 6) is -0.563. The molecule has 1 fully saturated rings. The maximum absolute atomic E-state index is 12.8. The van der Waals surface area contributed by atoms with E-state index in [0.717, 1.165) is 31.5 Å². The van der Waals surface area contributed by atoms with Crippen molar-refractivity contribution in [3.05, 3.63) is 28.2 Å². The zero-order valence-corrected chi connectivity index (χ0v) is 11.3. The Labute approximate surface area is 119 Å². The highest BCUT2D eigenvalue weighted by Crippen LogP contribution is 2.18. The van der Waals surface area contributed by atoms with Crippen LogP contribution < -0.4 is 10.2 Å². The second kappa shape index (κ2) is 6.97. The quantitative estimate of drug-likeness (QED) is 0.830. The molecule has 1 aromatic rings. The Bertz CT molecular complexity index is 514. The highest BCUT2D eigenvalue weighted by molar-refractivity contribution is 5.20. The van der Waals surface area contributed by atoms with Crippen molar-refractivity contribution >= 4 is 0 Å². The normalized spacial score (nSPS) is 19.5. The van der Waals surface area contributed by atoms with Crippen molar-refractivity contribution in [1.29, 1.82) is 0 Å². The molecule has 0 spiro atoms. The van der Waals surface area contributed by atoms with Gasteiger partial charge in [0.2, 0.25) is 5.43 Å². The first-order valence-corrected chi connectivity index (χ1v) is 6.63. The third kappa shape index (κ3) is 4.76. The van der Waals surface area contributed by atoms with Crippen LogP contribution in [0.4, 0.5) is 8.78 Å². The molecule has 0 bridgehead atoms. The number of aromatic amines is 1. The van der Waals surface area contributed by atoms with Gasteiger partial charge >= 0.3 is 6.11 Å². The van der Waals surface area contributed by atoms with E-state index in [1.807, 2.05) is 0 Å². The first kappa shape index (κ1) is 15.9. The number of ether oxygens (including phenoxy) is 3. The van der Waals surface area contributed by atoms with Gasteiger partial charge in [0.15, 0.2) is 12.0 Å². The van der Waals surface area contributed by atoms with Gasteiger partial charge in [0.1, 0.15) is 6.61 Å². The molecule has 118 valence electrons. The van der Waals surface area contributed by atoms with Crippen molar-refractivity contribution in [2.24, 2.45) is 0 Å². The molecule has 0 amide bonds. The van der Waals surface area contributed by atoms with Crippen LogP contribution in [0.5, 0.6) is 5.75 Å². The summed E-state index contributed by atoms with van der Waals surface area (Å²) in [5, 5.41) is 8.41. The maximum atomic E-state index is 12.8. The number of nitrogens with one attached hydrogen (secondary N) is 1. The van der Waals surface area contributed by atoms with Crippen molar-refractivity contribution in [1.82, 2.24) is 4.98 Å². The van der Waals surface area contributed by atoms with Gasteiger partial charge in [-0.2, -0.15) is 8.78 Å². The van der Waals surface area contributed by atoms with E-state index in [0.29, 0.717) is 12.3 Å². The fourth-order valence-corrected chi connectivity index (χ4v) is 1.88. The Morgan fingerprint density at radius 3 is 2.90 bits per heavy atom. The minimum absolute atomic E-state index is 0.108. The fourth-order valence-electron chi connectivity index (χ4n) is 1.88. The maximum Gasteiger partial charge on any atom is 0.421 e. The molecule has 0 radical (unpaired) electrons. The van der Waals surface area contributed by atoms with Crippen molar-refractivity contribution in [3.63, 3.8) is 0 Å². The largest absolute Gasteiger partial charge is 0.425 e. The molecular weight excluding hydrogens is 288 g/mol. The number of aliphatic hydroxyl groups excluding tert-OH is 1. The molecule has 2 heterocycles. The van der Waals surface area contributed by atoms with E-state index in [9.17, 15) is 13.6 Å². The zero-order valence-electron chi connectivity index (χ0n) is 11.3. The second-order valence-electron chi connectivity index (χ2n) is 4.69. The Kier molecular flexibility index (Phi) is 5.27. The lowest BCUT2D eigenvalue weighted by Crippen LogP contribution is -2.31. The van der Waals surface area contributed by atoms with E-state index in [1.54, 1.807) is 0 Å². The molecule has 1 aliphatic heterocycles. The first-order valence-electron chi connectivity index (χ1n) is 6.63. The van der Waals surface area contributed by atoms with Crippen molar-refractivity contribution < 1.29 is 28.1 Å². The number of hydrogen-bond acceptors (Lipinski definition) is 5. The number of pyridine rings is 1. The van der Waals surface area contributed by atoms with Gasteiger partial charge in [0, 0.05) is 24.6 Å². The highest BCUT2D eigenvalue weighted by Gasteiger charge is 2.31. The Balaban J connectivity index is 1.93. The van der Waals surface area contributed by atoms with Crippen LogP contribution in [0, 0.1) is 0 Å². The lowest BCUT2D eigenvalue weighted by atomic mass is 10.2. The number of halogens is 2. The third-order valence-corrected chi connectivity index (χ3v) is 2.94. The average molecular weight is 305 g/mol. The van der Waals surface area contributed by atoms with Gasteiger partial charge in [0.05, 0.1) is 6.61 Å². The molecule has 21 heavy (non-hydrogen) atoms. The van der Waals surface area contributed by atoms with Crippen LogP contribution in [0.3, 0.4) is 0 Å². The van der Waals surface area contributed by atoms with E-state index in [4.69, 9.17) is 14.6 Å². The van der Waals surface area contributed by atoms with Gasteiger partial charge in [-0.05, 0) is 19.3 Å². The van der Waals surface area contributed by atoms with E-state index in [1.165, 1.54) is 0 Å². The number of rotatable bonds is 6. The summed E-state index contributed by atoms with van der Waals surface area (Å²) in [6, 6.07) is 1.12.